The van der Waals surface area contributed by atoms with Crippen LogP contribution in [0.1, 0.15) is 36.6 Å². The van der Waals surface area contributed by atoms with Gasteiger partial charge in [-0.15, -0.1) is 23.7 Å². The van der Waals surface area contributed by atoms with Crippen molar-refractivity contribution in [3.8, 4) is 0 Å². The number of hydrogen-bond donors (Lipinski definition) is 2. The van der Waals surface area contributed by atoms with Crippen LogP contribution in [0.25, 0.3) is 0 Å². The lowest BCUT2D eigenvalue weighted by Gasteiger charge is -2.10. The van der Waals surface area contributed by atoms with E-state index in [0.29, 0.717) is 6.54 Å². The topological polar surface area (TPSA) is 68.0 Å². The molecule has 6 heteroatoms. The Morgan fingerprint density at radius 1 is 1.56 bits per heavy atom. The number of nitrogens with one attached hydrogen (secondary N) is 1. The summed E-state index contributed by atoms with van der Waals surface area (Å²) < 4.78 is 0. The maximum Gasteiger partial charge on any atom is 0.236 e. The van der Waals surface area contributed by atoms with E-state index in [0.717, 1.165) is 30.7 Å². The van der Waals surface area contributed by atoms with Crippen LogP contribution in [0.3, 0.4) is 0 Å². The molecule has 0 aliphatic carbocycles. The number of amides is 1. The molecule has 1 aromatic heterocycles. The molecular formula is C12H22ClN3OS. The number of nitrogens with two attached hydrogens (primary N) is 1. The molecule has 18 heavy (non-hydrogen) atoms. The summed E-state index contributed by atoms with van der Waals surface area (Å²) in [5.74, 6) is -0.0564. The van der Waals surface area contributed by atoms with Gasteiger partial charge in [-0.3, -0.25) is 4.79 Å². The van der Waals surface area contributed by atoms with Gasteiger partial charge >= 0.3 is 0 Å². The van der Waals surface area contributed by atoms with Crippen LogP contribution in [0.5, 0.6) is 0 Å². The standard InChI is InChI=1S/C12H21N3OS.ClH/c1-3-5-10(13)12(16)14-7-6-11-15-8-9(4-2)17-11;/h8,10H,3-7,13H2,1-2H3,(H,14,16);1H. The molecule has 0 saturated heterocycles. The van der Waals surface area contributed by atoms with Gasteiger partial charge in [0.25, 0.3) is 0 Å². The second-order valence-corrected chi connectivity index (χ2v) is 5.21. The lowest BCUT2D eigenvalue weighted by molar-refractivity contribution is -0.122. The maximum absolute atomic E-state index is 11.5. The lowest BCUT2D eigenvalue weighted by atomic mass is 10.2. The molecule has 1 amide bonds. The average Bonchev–Trinajstić information content (AvgIpc) is 2.77. The molecule has 0 aliphatic rings. The molecule has 1 rings (SSSR count). The number of halogens is 1. The second-order valence-electron chi connectivity index (χ2n) is 4.01. The van der Waals surface area contributed by atoms with Crippen molar-refractivity contribution in [2.45, 2.75) is 45.6 Å². The smallest absolute Gasteiger partial charge is 0.236 e. The normalized spacial score (nSPS) is 11.7. The van der Waals surface area contributed by atoms with Crippen molar-refractivity contribution in [2.75, 3.05) is 6.54 Å². The summed E-state index contributed by atoms with van der Waals surface area (Å²) in [4.78, 5) is 17.1. The average molecular weight is 292 g/mol. The third kappa shape index (κ3) is 5.80. The minimum absolute atomic E-state index is 0. The minimum atomic E-state index is -0.373. The molecule has 104 valence electrons. The first-order chi connectivity index (χ1) is 8.17. The van der Waals surface area contributed by atoms with Gasteiger partial charge in [-0.1, -0.05) is 20.3 Å². The van der Waals surface area contributed by atoms with Gasteiger partial charge in [-0.05, 0) is 12.8 Å². The molecule has 1 atom stereocenters. The van der Waals surface area contributed by atoms with Gasteiger partial charge in [0.15, 0.2) is 0 Å². The Balaban J connectivity index is 0.00000289. The number of nitrogens with zero attached hydrogens (tertiary/aromatic N) is 1. The Morgan fingerprint density at radius 2 is 2.28 bits per heavy atom. The summed E-state index contributed by atoms with van der Waals surface area (Å²) in [5, 5.41) is 3.92. The van der Waals surface area contributed by atoms with Crippen LogP contribution in [0.2, 0.25) is 0 Å². The first-order valence-corrected chi connectivity index (χ1v) is 6.95. The van der Waals surface area contributed by atoms with Gasteiger partial charge < -0.3 is 11.1 Å². The van der Waals surface area contributed by atoms with E-state index in [-0.39, 0.29) is 24.4 Å². The molecule has 0 spiro atoms. The molecule has 1 unspecified atom stereocenters. The Labute approximate surface area is 119 Å². The summed E-state index contributed by atoms with van der Waals surface area (Å²) in [6.07, 6.45) is 5.38. The molecule has 0 fully saturated rings. The molecule has 0 radical (unpaired) electrons. The van der Waals surface area contributed by atoms with Gasteiger partial charge in [0.05, 0.1) is 11.0 Å². The monoisotopic (exact) mass is 291 g/mol. The number of carbonyl (C=O) groups is 1. The largest absolute Gasteiger partial charge is 0.354 e. The number of carbonyl (C=O) groups excluding carboxylic acids is 1. The Hall–Kier alpha value is -0.650. The van der Waals surface area contributed by atoms with Gasteiger partial charge in [0, 0.05) is 24.0 Å². The van der Waals surface area contributed by atoms with E-state index in [1.165, 1.54) is 4.88 Å². The maximum atomic E-state index is 11.5. The zero-order valence-electron chi connectivity index (χ0n) is 10.9. The van der Waals surface area contributed by atoms with Crippen LogP contribution < -0.4 is 11.1 Å². The van der Waals surface area contributed by atoms with Gasteiger partial charge in [-0.25, -0.2) is 4.98 Å². The van der Waals surface area contributed by atoms with Crippen LogP contribution in [0.4, 0.5) is 0 Å². The fourth-order valence-electron chi connectivity index (χ4n) is 1.49. The first-order valence-electron chi connectivity index (χ1n) is 6.14. The van der Waals surface area contributed by atoms with E-state index in [2.05, 4.69) is 17.2 Å². The molecule has 4 nitrogen and oxygen atoms in total. The second kappa shape index (κ2) is 9.30. The number of aromatic nitrogens is 1. The number of aryl methyl sites for hydroxylation is 1. The third-order valence-electron chi connectivity index (χ3n) is 2.52. The lowest BCUT2D eigenvalue weighted by Crippen LogP contribution is -2.41. The number of hydrogen-bond acceptors (Lipinski definition) is 4. The summed E-state index contributed by atoms with van der Waals surface area (Å²) in [6, 6.07) is -0.373. The highest BCUT2D eigenvalue weighted by molar-refractivity contribution is 7.11. The van der Waals surface area contributed by atoms with E-state index in [1.807, 2.05) is 13.1 Å². The van der Waals surface area contributed by atoms with Gasteiger partial charge in [-0.2, -0.15) is 0 Å². The van der Waals surface area contributed by atoms with Crippen LogP contribution in [0, 0.1) is 0 Å². The van der Waals surface area contributed by atoms with Crippen LogP contribution in [0.15, 0.2) is 6.20 Å². The summed E-state index contributed by atoms with van der Waals surface area (Å²) >= 11 is 1.71. The fraction of sp³-hybridized carbons (Fsp3) is 0.667. The van der Waals surface area contributed by atoms with Crippen molar-refractivity contribution in [1.82, 2.24) is 10.3 Å². The van der Waals surface area contributed by atoms with E-state index < -0.39 is 0 Å². The Kier molecular flexibility index (Phi) is 8.97. The zero-order valence-corrected chi connectivity index (χ0v) is 12.6. The minimum Gasteiger partial charge on any atom is -0.354 e. The van der Waals surface area contributed by atoms with Crippen molar-refractivity contribution in [3.63, 3.8) is 0 Å². The van der Waals surface area contributed by atoms with E-state index in [4.69, 9.17) is 5.73 Å². The highest BCUT2D eigenvalue weighted by Crippen LogP contribution is 2.13. The predicted molar refractivity (Wildman–Crippen MR) is 78.3 cm³/mol. The fourth-order valence-corrected chi connectivity index (χ4v) is 2.35. The summed E-state index contributed by atoms with van der Waals surface area (Å²) in [6.45, 7) is 4.75. The Bertz CT molecular complexity index is 357. The van der Waals surface area contributed by atoms with Crippen molar-refractivity contribution in [1.29, 1.82) is 0 Å². The van der Waals surface area contributed by atoms with Gasteiger partial charge in [0.1, 0.15) is 0 Å². The number of thiazole rings is 1. The van der Waals surface area contributed by atoms with Crippen molar-refractivity contribution in [3.05, 3.63) is 16.1 Å². The molecule has 1 heterocycles. The first kappa shape index (κ1) is 17.4. The molecule has 0 saturated carbocycles. The Morgan fingerprint density at radius 3 is 2.83 bits per heavy atom. The van der Waals surface area contributed by atoms with Crippen molar-refractivity contribution >= 4 is 29.7 Å². The van der Waals surface area contributed by atoms with Crippen molar-refractivity contribution < 1.29 is 4.79 Å². The molecular weight excluding hydrogens is 270 g/mol. The number of rotatable bonds is 7. The zero-order chi connectivity index (χ0) is 12.7. The van der Waals surface area contributed by atoms with Crippen molar-refractivity contribution in [2.24, 2.45) is 5.73 Å². The van der Waals surface area contributed by atoms with Crippen LogP contribution in [-0.4, -0.2) is 23.5 Å². The quantitative estimate of drug-likeness (QED) is 0.806. The molecule has 0 aromatic carbocycles. The van der Waals surface area contributed by atoms with E-state index in [1.54, 1.807) is 11.3 Å². The predicted octanol–water partition coefficient (Wildman–Crippen LogP) is 1.91. The van der Waals surface area contributed by atoms with E-state index >= 15 is 0 Å². The van der Waals surface area contributed by atoms with Crippen LogP contribution in [-0.2, 0) is 17.6 Å². The molecule has 3 N–H and O–H groups in total. The summed E-state index contributed by atoms with van der Waals surface area (Å²) in [5.41, 5.74) is 5.71. The van der Waals surface area contributed by atoms with Gasteiger partial charge in [0.2, 0.25) is 5.91 Å². The molecule has 1 aromatic rings. The molecule has 0 bridgehead atoms. The highest BCUT2D eigenvalue weighted by atomic mass is 35.5. The molecule has 0 aliphatic heterocycles. The third-order valence-corrected chi connectivity index (χ3v) is 3.73. The van der Waals surface area contributed by atoms with E-state index in [9.17, 15) is 4.79 Å². The highest BCUT2D eigenvalue weighted by Gasteiger charge is 2.11. The van der Waals surface area contributed by atoms with Crippen LogP contribution >= 0.6 is 23.7 Å². The SMILES string of the molecule is CCCC(N)C(=O)NCCc1ncc(CC)s1.Cl. The summed E-state index contributed by atoms with van der Waals surface area (Å²) in [7, 11) is 0.